The molecule has 4 atom stereocenters. The number of carboxylic acid groups (broad SMARTS) is 1. The van der Waals surface area contributed by atoms with Crippen molar-refractivity contribution in [3.05, 3.63) is 0 Å². The number of rotatable bonds is 5. The second-order valence-corrected chi connectivity index (χ2v) is 6.20. The number of hydrogen-bond donors (Lipinski definition) is 0. The molecule has 2 rings (SSSR count). The first kappa shape index (κ1) is 16.5. The van der Waals surface area contributed by atoms with Crippen molar-refractivity contribution in [2.45, 2.75) is 64.7 Å². The molecule has 98 valence electrons. The fourth-order valence-corrected chi connectivity index (χ4v) is 4.04. The summed E-state index contributed by atoms with van der Waals surface area (Å²) >= 11 is 0. The molecule has 0 aliphatic heterocycles. The van der Waals surface area contributed by atoms with Gasteiger partial charge in [0.2, 0.25) is 0 Å². The summed E-state index contributed by atoms with van der Waals surface area (Å²) in [5.41, 5.74) is 0. The van der Waals surface area contributed by atoms with Crippen LogP contribution >= 0.6 is 0 Å². The van der Waals surface area contributed by atoms with Gasteiger partial charge in [-0.05, 0) is 62.2 Å². The van der Waals surface area contributed by atoms with E-state index in [1.54, 1.807) is 0 Å². The van der Waals surface area contributed by atoms with E-state index in [0.29, 0.717) is 5.92 Å². The summed E-state index contributed by atoms with van der Waals surface area (Å²) in [6, 6.07) is 0. The van der Waals surface area contributed by atoms with Crippen LogP contribution in [0, 0.1) is 23.7 Å². The summed E-state index contributed by atoms with van der Waals surface area (Å²) in [5.74, 6) is 2.62. The molecule has 3 heteroatoms. The molecule has 0 bridgehead atoms. The van der Waals surface area contributed by atoms with E-state index in [1.165, 1.54) is 44.9 Å². The molecule has 18 heavy (non-hydrogen) atoms. The molecule has 0 spiro atoms. The maximum absolute atomic E-state index is 10.5. The van der Waals surface area contributed by atoms with Gasteiger partial charge in [0.1, 0.15) is 0 Å². The molecule has 0 N–H and O–H groups in total. The monoisotopic (exact) mass is 260 g/mol. The van der Waals surface area contributed by atoms with Gasteiger partial charge in [-0.3, -0.25) is 0 Å². The summed E-state index contributed by atoms with van der Waals surface area (Å²) in [5, 5.41) is 10.5. The van der Waals surface area contributed by atoms with Gasteiger partial charge in [0.15, 0.2) is 0 Å². The van der Waals surface area contributed by atoms with Crippen LogP contribution in [0.5, 0.6) is 0 Å². The Morgan fingerprint density at radius 2 is 1.61 bits per heavy atom. The standard InChI is InChI=1S/C15H26O2.Na/c1-2-11-3-6-13(9-11)14-7-4-12(10-14)5-8-15(16)17;/h11-14H,2-10H2,1H3,(H,16,17);/q;+1/p-1. The van der Waals surface area contributed by atoms with Crippen molar-refractivity contribution in [1.82, 2.24) is 0 Å². The van der Waals surface area contributed by atoms with E-state index in [2.05, 4.69) is 6.92 Å². The van der Waals surface area contributed by atoms with E-state index in [1.807, 2.05) is 0 Å². The van der Waals surface area contributed by atoms with E-state index < -0.39 is 5.97 Å². The zero-order chi connectivity index (χ0) is 12.3. The van der Waals surface area contributed by atoms with Crippen molar-refractivity contribution in [3.8, 4) is 0 Å². The van der Waals surface area contributed by atoms with Gasteiger partial charge < -0.3 is 9.90 Å². The predicted molar refractivity (Wildman–Crippen MR) is 66.2 cm³/mol. The van der Waals surface area contributed by atoms with Crippen molar-refractivity contribution in [2.75, 3.05) is 0 Å². The van der Waals surface area contributed by atoms with Crippen LogP contribution in [0.2, 0.25) is 0 Å². The van der Waals surface area contributed by atoms with Crippen LogP contribution in [0.3, 0.4) is 0 Å². The molecule has 2 saturated carbocycles. The average molecular weight is 260 g/mol. The minimum atomic E-state index is -0.875. The Morgan fingerprint density at radius 3 is 2.11 bits per heavy atom. The van der Waals surface area contributed by atoms with E-state index in [4.69, 9.17) is 0 Å². The number of carbonyl (C=O) groups excluding carboxylic acids is 1. The number of aliphatic carboxylic acids is 1. The Labute approximate surface area is 133 Å². The molecule has 0 aromatic heterocycles. The summed E-state index contributed by atoms with van der Waals surface area (Å²) in [6.45, 7) is 2.31. The van der Waals surface area contributed by atoms with Gasteiger partial charge in [0, 0.05) is 5.97 Å². The Balaban J connectivity index is 0.00000162. The van der Waals surface area contributed by atoms with Crippen LogP contribution in [-0.4, -0.2) is 5.97 Å². The van der Waals surface area contributed by atoms with Crippen LogP contribution in [0.15, 0.2) is 0 Å². The normalized spacial score (nSPS) is 35.4. The number of hydrogen-bond acceptors (Lipinski definition) is 2. The average Bonchev–Trinajstić information content (AvgIpc) is 2.94. The first-order chi connectivity index (χ1) is 8.19. The molecule has 0 aromatic rings. The Hall–Kier alpha value is 0.470. The third-order valence-corrected chi connectivity index (χ3v) is 5.16. The molecule has 0 heterocycles. The van der Waals surface area contributed by atoms with Crippen LogP contribution in [0.4, 0.5) is 0 Å². The molecule has 0 radical (unpaired) electrons. The molecule has 2 aliphatic carbocycles. The molecule has 2 aliphatic rings. The maximum Gasteiger partial charge on any atom is 1.00 e. The topological polar surface area (TPSA) is 40.1 Å². The largest absolute Gasteiger partial charge is 1.00 e. The third kappa shape index (κ3) is 4.54. The minimum absolute atomic E-state index is 0. The van der Waals surface area contributed by atoms with Crippen LogP contribution in [-0.2, 0) is 4.79 Å². The fourth-order valence-electron chi connectivity index (χ4n) is 4.04. The molecule has 4 unspecified atom stereocenters. The third-order valence-electron chi connectivity index (χ3n) is 5.16. The first-order valence-electron chi connectivity index (χ1n) is 7.38. The molecule has 2 nitrogen and oxygen atoms in total. The smallest absolute Gasteiger partial charge is 0.550 e. The second kappa shape index (κ2) is 7.91. The Bertz CT molecular complexity index is 267. The van der Waals surface area contributed by atoms with Gasteiger partial charge in [-0.1, -0.05) is 26.2 Å². The van der Waals surface area contributed by atoms with E-state index in [9.17, 15) is 9.90 Å². The zero-order valence-corrected chi connectivity index (χ0v) is 14.0. The Morgan fingerprint density at radius 1 is 1.06 bits per heavy atom. The molecule has 0 aromatic carbocycles. The van der Waals surface area contributed by atoms with Crippen molar-refractivity contribution in [3.63, 3.8) is 0 Å². The van der Waals surface area contributed by atoms with E-state index >= 15 is 0 Å². The van der Waals surface area contributed by atoms with Crippen molar-refractivity contribution >= 4 is 5.97 Å². The number of carbonyl (C=O) groups is 1. The van der Waals surface area contributed by atoms with Crippen molar-refractivity contribution in [2.24, 2.45) is 23.7 Å². The quantitative estimate of drug-likeness (QED) is 0.640. The predicted octanol–water partition coefficient (Wildman–Crippen LogP) is -0.237. The van der Waals surface area contributed by atoms with E-state index in [-0.39, 0.29) is 36.0 Å². The SMILES string of the molecule is CCC1CCC(C2CCC(CCC(=O)[O-])C2)C1.[Na+]. The second-order valence-electron chi connectivity index (χ2n) is 6.20. The van der Waals surface area contributed by atoms with Crippen molar-refractivity contribution < 1.29 is 39.5 Å². The fraction of sp³-hybridized carbons (Fsp3) is 0.933. The van der Waals surface area contributed by atoms with Gasteiger partial charge in [-0.15, -0.1) is 0 Å². The summed E-state index contributed by atoms with van der Waals surface area (Å²) < 4.78 is 0. The molecular formula is C15H25NaO2. The number of carboxylic acids is 1. The van der Waals surface area contributed by atoms with Gasteiger partial charge in [0.05, 0.1) is 0 Å². The molecule has 0 saturated heterocycles. The minimum Gasteiger partial charge on any atom is -0.550 e. The van der Waals surface area contributed by atoms with Crippen LogP contribution in [0.1, 0.15) is 64.7 Å². The van der Waals surface area contributed by atoms with Gasteiger partial charge in [-0.2, -0.15) is 0 Å². The van der Waals surface area contributed by atoms with Crippen LogP contribution in [0.25, 0.3) is 0 Å². The van der Waals surface area contributed by atoms with Gasteiger partial charge in [0.25, 0.3) is 0 Å². The first-order valence-corrected chi connectivity index (χ1v) is 7.38. The maximum atomic E-state index is 10.5. The van der Waals surface area contributed by atoms with Crippen molar-refractivity contribution in [1.29, 1.82) is 0 Å². The summed E-state index contributed by atoms with van der Waals surface area (Å²) in [4.78, 5) is 10.5. The molecular weight excluding hydrogens is 235 g/mol. The Kier molecular flexibility index (Phi) is 7.27. The van der Waals surface area contributed by atoms with Crippen LogP contribution < -0.4 is 34.7 Å². The zero-order valence-electron chi connectivity index (χ0n) is 12.0. The summed E-state index contributed by atoms with van der Waals surface area (Å²) in [7, 11) is 0. The van der Waals surface area contributed by atoms with Gasteiger partial charge in [-0.25, -0.2) is 0 Å². The van der Waals surface area contributed by atoms with E-state index in [0.717, 1.165) is 24.2 Å². The molecule has 0 amide bonds. The molecule has 2 fully saturated rings. The van der Waals surface area contributed by atoms with Gasteiger partial charge >= 0.3 is 29.6 Å². The summed E-state index contributed by atoms with van der Waals surface area (Å²) in [6.07, 6.45) is 10.6.